The van der Waals surface area contributed by atoms with E-state index in [9.17, 15) is 0 Å². The van der Waals surface area contributed by atoms with E-state index < -0.39 is 0 Å². The van der Waals surface area contributed by atoms with Crippen LogP contribution in [0.25, 0.3) is 16.5 Å². The van der Waals surface area contributed by atoms with E-state index in [4.69, 9.17) is 4.74 Å². The number of rotatable bonds is 5. The number of fused-ring (bicyclic) bond motifs is 1. The van der Waals surface area contributed by atoms with Crippen LogP contribution in [0.2, 0.25) is 0 Å². The standard InChI is InChI=1S/C25H34N4O/c1-7-30-21-13-11-20(12-14-21)29-18(5)23-17(4)27-28-25(24(23)19(29)6)26-22-10-8-9-15(2)16(22)3/h11-16,22H,7-10H2,1-6H3,(H,26,28). The van der Waals surface area contributed by atoms with Gasteiger partial charge in [0.2, 0.25) is 0 Å². The molecule has 3 atom stereocenters. The quantitative estimate of drug-likeness (QED) is 0.566. The Kier molecular flexibility index (Phi) is 5.72. The zero-order valence-electron chi connectivity index (χ0n) is 19.1. The number of anilines is 1. The molecule has 1 N–H and O–H groups in total. The molecule has 2 aromatic heterocycles. The van der Waals surface area contributed by atoms with Crippen LogP contribution in [0.1, 0.15) is 57.1 Å². The molecule has 3 aromatic rings. The van der Waals surface area contributed by atoms with Gasteiger partial charge in [-0.3, -0.25) is 0 Å². The van der Waals surface area contributed by atoms with Crippen molar-refractivity contribution >= 4 is 16.6 Å². The smallest absolute Gasteiger partial charge is 0.158 e. The van der Waals surface area contributed by atoms with Gasteiger partial charge in [0.05, 0.1) is 12.3 Å². The largest absolute Gasteiger partial charge is 0.494 e. The van der Waals surface area contributed by atoms with Crippen molar-refractivity contribution in [2.45, 2.75) is 66.8 Å². The molecule has 5 heteroatoms. The summed E-state index contributed by atoms with van der Waals surface area (Å²) in [6.07, 6.45) is 3.79. The number of nitrogens with zero attached hydrogens (tertiary/aromatic N) is 3. The van der Waals surface area contributed by atoms with Crippen LogP contribution in [-0.4, -0.2) is 27.4 Å². The van der Waals surface area contributed by atoms with Gasteiger partial charge in [-0.2, -0.15) is 5.10 Å². The summed E-state index contributed by atoms with van der Waals surface area (Å²) in [5, 5.41) is 15.3. The SMILES string of the molecule is CCOc1ccc(-n2c(C)c3c(C)nnc(NC4CCCC(C)C4C)c3c2C)cc1. The number of aromatic nitrogens is 3. The van der Waals surface area contributed by atoms with Gasteiger partial charge in [-0.05, 0) is 70.2 Å². The number of aryl methyl sites for hydroxylation is 3. The number of hydrogen-bond acceptors (Lipinski definition) is 4. The Morgan fingerprint density at radius 3 is 2.40 bits per heavy atom. The lowest BCUT2D eigenvalue weighted by molar-refractivity contribution is 0.253. The van der Waals surface area contributed by atoms with Gasteiger partial charge in [0.15, 0.2) is 5.82 Å². The molecule has 2 heterocycles. The van der Waals surface area contributed by atoms with E-state index in [2.05, 4.69) is 66.8 Å². The first-order valence-electron chi connectivity index (χ1n) is 11.3. The number of benzene rings is 1. The van der Waals surface area contributed by atoms with Gasteiger partial charge in [-0.15, -0.1) is 5.10 Å². The Hall–Kier alpha value is -2.56. The molecule has 160 valence electrons. The minimum Gasteiger partial charge on any atom is -0.494 e. The molecular weight excluding hydrogens is 372 g/mol. The number of nitrogens with one attached hydrogen (secondary N) is 1. The summed E-state index contributed by atoms with van der Waals surface area (Å²) in [5.74, 6) is 3.19. The molecule has 1 fully saturated rings. The van der Waals surface area contributed by atoms with Crippen molar-refractivity contribution in [1.29, 1.82) is 0 Å². The van der Waals surface area contributed by atoms with Gasteiger partial charge in [-0.25, -0.2) is 0 Å². The molecule has 4 rings (SSSR count). The number of hydrogen-bond donors (Lipinski definition) is 1. The minimum absolute atomic E-state index is 0.447. The average molecular weight is 407 g/mol. The number of ether oxygens (including phenoxy) is 1. The van der Waals surface area contributed by atoms with Crippen molar-refractivity contribution in [3.05, 3.63) is 41.3 Å². The van der Waals surface area contributed by atoms with Crippen molar-refractivity contribution in [3.8, 4) is 11.4 Å². The molecule has 0 aliphatic heterocycles. The monoisotopic (exact) mass is 406 g/mol. The zero-order chi connectivity index (χ0) is 21.4. The second kappa shape index (κ2) is 8.29. The van der Waals surface area contributed by atoms with E-state index in [-0.39, 0.29) is 0 Å². The normalized spacial score (nSPS) is 21.7. The topological polar surface area (TPSA) is 52.0 Å². The summed E-state index contributed by atoms with van der Waals surface area (Å²) >= 11 is 0. The molecule has 5 nitrogen and oxygen atoms in total. The van der Waals surface area contributed by atoms with Crippen LogP contribution in [0.4, 0.5) is 5.82 Å². The third-order valence-corrected chi connectivity index (χ3v) is 6.98. The highest BCUT2D eigenvalue weighted by molar-refractivity contribution is 5.98. The highest BCUT2D eigenvalue weighted by atomic mass is 16.5. The van der Waals surface area contributed by atoms with Crippen molar-refractivity contribution in [2.24, 2.45) is 11.8 Å². The third kappa shape index (κ3) is 3.55. The highest BCUT2D eigenvalue weighted by Crippen LogP contribution is 2.37. The summed E-state index contributed by atoms with van der Waals surface area (Å²) in [6.45, 7) is 13.8. The summed E-state index contributed by atoms with van der Waals surface area (Å²) in [4.78, 5) is 0. The Balaban J connectivity index is 1.79. The molecule has 0 saturated heterocycles. The van der Waals surface area contributed by atoms with Crippen molar-refractivity contribution < 1.29 is 4.74 Å². The average Bonchev–Trinajstić information content (AvgIpc) is 3.00. The molecular formula is C25H34N4O. The second-order valence-electron chi connectivity index (χ2n) is 8.84. The van der Waals surface area contributed by atoms with Gasteiger partial charge < -0.3 is 14.6 Å². The third-order valence-electron chi connectivity index (χ3n) is 6.98. The first-order valence-corrected chi connectivity index (χ1v) is 11.3. The van der Waals surface area contributed by atoms with Gasteiger partial charge >= 0.3 is 0 Å². The van der Waals surface area contributed by atoms with Crippen molar-refractivity contribution in [2.75, 3.05) is 11.9 Å². The Bertz CT molecular complexity index is 1040. The molecule has 1 aliphatic rings. The van der Waals surface area contributed by atoms with Crippen LogP contribution < -0.4 is 10.1 Å². The molecule has 0 bridgehead atoms. The molecule has 3 unspecified atom stereocenters. The van der Waals surface area contributed by atoms with E-state index in [1.165, 1.54) is 41.4 Å². The van der Waals surface area contributed by atoms with Gasteiger partial charge in [-0.1, -0.05) is 26.7 Å². The molecule has 1 aliphatic carbocycles. The Labute approximate surface area is 179 Å². The lowest BCUT2D eigenvalue weighted by Crippen LogP contribution is -2.35. The van der Waals surface area contributed by atoms with Crippen LogP contribution in [0.5, 0.6) is 5.75 Å². The van der Waals surface area contributed by atoms with E-state index in [0.717, 1.165) is 28.9 Å². The van der Waals surface area contributed by atoms with Crippen LogP contribution in [0.3, 0.4) is 0 Å². The predicted molar refractivity (Wildman–Crippen MR) is 124 cm³/mol. The van der Waals surface area contributed by atoms with E-state index >= 15 is 0 Å². The first kappa shape index (κ1) is 20.7. The van der Waals surface area contributed by atoms with Crippen LogP contribution in [-0.2, 0) is 0 Å². The summed E-state index contributed by atoms with van der Waals surface area (Å²) in [6, 6.07) is 8.77. The maximum Gasteiger partial charge on any atom is 0.158 e. The van der Waals surface area contributed by atoms with Gasteiger partial charge in [0.25, 0.3) is 0 Å². The maximum atomic E-state index is 5.62. The highest BCUT2D eigenvalue weighted by Gasteiger charge is 2.29. The van der Waals surface area contributed by atoms with Gasteiger partial charge in [0.1, 0.15) is 5.75 Å². The fourth-order valence-corrected chi connectivity index (χ4v) is 5.10. The lowest BCUT2D eigenvalue weighted by atomic mass is 9.78. The summed E-state index contributed by atoms with van der Waals surface area (Å²) in [5.41, 5.74) is 4.51. The van der Waals surface area contributed by atoms with E-state index in [1.807, 2.05) is 19.1 Å². The summed E-state index contributed by atoms with van der Waals surface area (Å²) in [7, 11) is 0. The molecule has 0 radical (unpaired) electrons. The minimum atomic E-state index is 0.447. The van der Waals surface area contributed by atoms with Gasteiger partial charge in [0, 0.05) is 33.9 Å². The Morgan fingerprint density at radius 1 is 1.00 bits per heavy atom. The maximum absolute atomic E-state index is 5.62. The molecule has 1 saturated carbocycles. The second-order valence-corrected chi connectivity index (χ2v) is 8.84. The van der Waals surface area contributed by atoms with Crippen molar-refractivity contribution in [3.63, 3.8) is 0 Å². The van der Waals surface area contributed by atoms with Crippen LogP contribution >= 0.6 is 0 Å². The fraction of sp³-hybridized carbons (Fsp3) is 0.520. The molecule has 1 aromatic carbocycles. The van der Waals surface area contributed by atoms with Crippen LogP contribution in [0.15, 0.2) is 24.3 Å². The predicted octanol–water partition coefficient (Wildman–Crippen LogP) is 5.98. The lowest BCUT2D eigenvalue weighted by Gasteiger charge is -2.35. The zero-order valence-corrected chi connectivity index (χ0v) is 19.1. The van der Waals surface area contributed by atoms with Crippen molar-refractivity contribution in [1.82, 2.24) is 14.8 Å². The van der Waals surface area contributed by atoms with Crippen LogP contribution in [0, 0.1) is 32.6 Å². The van der Waals surface area contributed by atoms with E-state index in [0.29, 0.717) is 18.6 Å². The first-order chi connectivity index (χ1) is 14.4. The van der Waals surface area contributed by atoms with E-state index in [1.54, 1.807) is 0 Å². The molecule has 0 spiro atoms. The summed E-state index contributed by atoms with van der Waals surface area (Å²) < 4.78 is 7.93. The molecule has 0 amide bonds. The fourth-order valence-electron chi connectivity index (χ4n) is 5.10. The Morgan fingerprint density at radius 2 is 1.70 bits per heavy atom. The molecule has 30 heavy (non-hydrogen) atoms.